The maximum atomic E-state index is 13.7. The SMILES string of the molecule is C[C@H]1NN=CC1Cc1cc(F)cc2cc(CN)oc12. The molecule has 0 saturated carbocycles. The number of rotatable bonds is 3. The number of hydrogen-bond donors (Lipinski definition) is 2. The van der Waals surface area contributed by atoms with Gasteiger partial charge >= 0.3 is 0 Å². The molecule has 2 atom stereocenters. The van der Waals surface area contributed by atoms with Gasteiger partial charge in [-0.05, 0) is 37.1 Å². The number of fused-ring (bicyclic) bond motifs is 1. The lowest BCUT2D eigenvalue weighted by molar-refractivity contribution is 0.504. The van der Waals surface area contributed by atoms with Crippen LogP contribution in [0.5, 0.6) is 0 Å². The molecule has 1 aliphatic rings. The molecule has 100 valence electrons. The molecule has 1 aliphatic heterocycles. The molecule has 0 aliphatic carbocycles. The maximum absolute atomic E-state index is 13.7. The van der Waals surface area contributed by atoms with Crippen molar-refractivity contribution in [1.82, 2.24) is 5.43 Å². The van der Waals surface area contributed by atoms with Crippen molar-refractivity contribution in [1.29, 1.82) is 0 Å². The number of halogens is 1. The maximum Gasteiger partial charge on any atom is 0.137 e. The van der Waals surface area contributed by atoms with Gasteiger partial charge in [0.15, 0.2) is 0 Å². The summed E-state index contributed by atoms with van der Waals surface area (Å²) in [6.07, 6.45) is 2.57. The van der Waals surface area contributed by atoms with Gasteiger partial charge in [0.05, 0.1) is 6.54 Å². The Balaban J connectivity index is 2.01. The second-order valence-corrected chi connectivity index (χ2v) is 4.96. The molecule has 2 heterocycles. The lowest BCUT2D eigenvalue weighted by Crippen LogP contribution is -2.25. The lowest BCUT2D eigenvalue weighted by Gasteiger charge is -2.13. The van der Waals surface area contributed by atoms with E-state index in [0.717, 1.165) is 16.5 Å². The smallest absolute Gasteiger partial charge is 0.137 e. The Morgan fingerprint density at radius 1 is 1.42 bits per heavy atom. The van der Waals surface area contributed by atoms with Crippen molar-refractivity contribution in [3.8, 4) is 0 Å². The third-order valence-electron chi connectivity index (χ3n) is 3.55. The molecule has 0 saturated heterocycles. The van der Waals surface area contributed by atoms with E-state index in [1.165, 1.54) is 12.1 Å². The highest BCUT2D eigenvalue weighted by atomic mass is 19.1. The Hall–Kier alpha value is -1.88. The van der Waals surface area contributed by atoms with Crippen molar-refractivity contribution in [3.05, 3.63) is 35.3 Å². The monoisotopic (exact) mass is 261 g/mol. The molecule has 2 aromatic rings. The Bertz CT molecular complexity index is 635. The molecule has 3 N–H and O–H groups in total. The van der Waals surface area contributed by atoms with E-state index in [9.17, 15) is 4.39 Å². The highest BCUT2D eigenvalue weighted by molar-refractivity contribution is 5.82. The van der Waals surface area contributed by atoms with E-state index in [2.05, 4.69) is 17.5 Å². The van der Waals surface area contributed by atoms with Crippen LogP contribution >= 0.6 is 0 Å². The summed E-state index contributed by atoms with van der Waals surface area (Å²) in [5.41, 5.74) is 10.2. The summed E-state index contributed by atoms with van der Waals surface area (Å²) >= 11 is 0. The third-order valence-corrected chi connectivity index (χ3v) is 3.55. The van der Waals surface area contributed by atoms with Gasteiger partial charge in [-0.15, -0.1) is 0 Å². The van der Waals surface area contributed by atoms with E-state index in [0.29, 0.717) is 18.7 Å². The zero-order chi connectivity index (χ0) is 13.4. The molecule has 0 radical (unpaired) electrons. The second kappa shape index (κ2) is 4.66. The quantitative estimate of drug-likeness (QED) is 0.890. The molecule has 0 spiro atoms. The van der Waals surface area contributed by atoms with Crippen LogP contribution in [0.1, 0.15) is 18.2 Å². The lowest BCUT2D eigenvalue weighted by atomic mass is 9.94. The molecular formula is C14H16FN3O. The van der Waals surface area contributed by atoms with E-state index in [-0.39, 0.29) is 17.8 Å². The molecule has 0 fully saturated rings. The summed E-state index contributed by atoms with van der Waals surface area (Å²) in [7, 11) is 0. The number of nitrogens with two attached hydrogens (primary N) is 1. The number of hydrazone groups is 1. The zero-order valence-electron chi connectivity index (χ0n) is 10.7. The van der Waals surface area contributed by atoms with Gasteiger partial charge in [-0.1, -0.05) is 0 Å². The van der Waals surface area contributed by atoms with E-state index in [1.807, 2.05) is 6.21 Å². The first-order chi connectivity index (χ1) is 9.17. The molecule has 3 rings (SSSR count). The van der Waals surface area contributed by atoms with Crippen molar-refractivity contribution in [3.63, 3.8) is 0 Å². The second-order valence-electron chi connectivity index (χ2n) is 4.96. The Morgan fingerprint density at radius 3 is 2.95 bits per heavy atom. The molecule has 1 aromatic carbocycles. The molecule has 1 aromatic heterocycles. The van der Waals surface area contributed by atoms with E-state index < -0.39 is 0 Å². The normalized spacial score (nSPS) is 22.1. The van der Waals surface area contributed by atoms with Gasteiger partial charge in [-0.2, -0.15) is 5.10 Å². The first kappa shape index (κ1) is 12.2. The van der Waals surface area contributed by atoms with Crippen molar-refractivity contribution < 1.29 is 8.81 Å². The minimum atomic E-state index is -0.248. The predicted molar refractivity (Wildman–Crippen MR) is 72.3 cm³/mol. The molecule has 0 amide bonds. The van der Waals surface area contributed by atoms with Gasteiger partial charge < -0.3 is 15.6 Å². The fourth-order valence-corrected chi connectivity index (χ4v) is 2.46. The number of furan rings is 1. The van der Waals surface area contributed by atoms with Gasteiger partial charge in [0, 0.05) is 23.6 Å². The first-order valence-electron chi connectivity index (χ1n) is 6.37. The van der Waals surface area contributed by atoms with E-state index in [1.54, 1.807) is 6.07 Å². The Labute approximate surface area is 110 Å². The van der Waals surface area contributed by atoms with Crippen LogP contribution in [0.25, 0.3) is 11.0 Å². The average Bonchev–Trinajstić information content (AvgIpc) is 2.96. The summed E-state index contributed by atoms with van der Waals surface area (Å²) in [6.45, 7) is 2.38. The van der Waals surface area contributed by atoms with E-state index in [4.69, 9.17) is 10.2 Å². The molecular weight excluding hydrogens is 245 g/mol. The molecule has 1 unspecified atom stereocenters. The van der Waals surface area contributed by atoms with Crippen LogP contribution in [0, 0.1) is 11.7 Å². The van der Waals surface area contributed by atoms with Crippen molar-refractivity contribution in [2.75, 3.05) is 0 Å². The Kier molecular flexibility index (Phi) is 2.98. The van der Waals surface area contributed by atoms with Crippen LogP contribution in [0.4, 0.5) is 4.39 Å². The van der Waals surface area contributed by atoms with Crippen LogP contribution in [0.15, 0.2) is 27.7 Å². The van der Waals surface area contributed by atoms with Gasteiger partial charge in [0.25, 0.3) is 0 Å². The Morgan fingerprint density at radius 2 is 2.26 bits per heavy atom. The molecule has 0 bridgehead atoms. The van der Waals surface area contributed by atoms with Crippen LogP contribution in [-0.2, 0) is 13.0 Å². The minimum Gasteiger partial charge on any atom is -0.459 e. The average molecular weight is 261 g/mol. The molecule has 19 heavy (non-hydrogen) atoms. The van der Waals surface area contributed by atoms with Gasteiger partial charge in [-0.25, -0.2) is 4.39 Å². The molecule has 5 heteroatoms. The van der Waals surface area contributed by atoms with Crippen LogP contribution in [-0.4, -0.2) is 12.3 Å². The number of nitrogens with one attached hydrogen (secondary N) is 1. The van der Waals surface area contributed by atoms with Gasteiger partial charge in [-0.3, -0.25) is 0 Å². The fraction of sp³-hybridized carbons (Fsp3) is 0.357. The summed E-state index contributed by atoms with van der Waals surface area (Å²) in [5.74, 6) is 0.673. The summed E-state index contributed by atoms with van der Waals surface area (Å²) in [4.78, 5) is 0. The van der Waals surface area contributed by atoms with Crippen LogP contribution in [0.2, 0.25) is 0 Å². The number of nitrogens with zero attached hydrogens (tertiary/aromatic N) is 1. The highest BCUT2D eigenvalue weighted by Crippen LogP contribution is 2.27. The zero-order valence-corrected chi connectivity index (χ0v) is 10.7. The topological polar surface area (TPSA) is 63.5 Å². The standard InChI is InChI=1S/C14H16FN3O/c1-8-11(7-17-18-8)2-9-3-12(15)4-10-5-13(6-16)19-14(9)10/h3-5,7-8,11,18H,2,6,16H2,1H3/t8-,11?/m1/s1. The summed E-state index contributed by atoms with van der Waals surface area (Å²) < 4.78 is 19.4. The molecule has 4 nitrogen and oxygen atoms in total. The fourth-order valence-electron chi connectivity index (χ4n) is 2.46. The highest BCUT2D eigenvalue weighted by Gasteiger charge is 2.22. The predicted octanol–water partition coefficient (Wildman–Crippen LogP) is 2.17. The van der Waals surface area contributed by atoms with Crippen molar-refractivity contribution in [2.45, 2.75) is 25.9 Å². The van der Waals surface area contributed by atoms with Crippen LogP contribution < -0.4 is 11.2 Å². The first-order valence-corrected chi connectivity index (χ1v) is 6.37. The summed E-state index contributed by atoms with van der Waals surface area (Å²) in [6, 6.07) is 5.06. The summed E-state index contributed by atoms with van der Waals surface area (Å²) in [5, 5.41) is 4.82. The number of benzene rings is 1. The minimum absolute atomic E-state index is 0.247. The largest absolute Gasteiger partial charge is 0.459 e. The third kappa shape index (κ3) is 2.21. The van der Waals surface area contributed by atoms with Crippen molar-refractivity contribution in [2.24, 2.45) is 16.8 Å². The van der Waals surface area contributed by atoms with Crippen molar-refractivity contribution >= 4 is 17.2 Å². The van der Waals surface area contributed by atoms with E-state index >= 15 is 0 Å². The van der Waals surface area contributed by atoms with Gasteiger partial charge in [0.1, 0.15) is 17.2 Å². The number of hydrogen-bond acceptors (Lipinski definition) is 4. The van der Waals surface area contributed by atoms with Gasteiger partial charge in [0.2, 0.25) is 0 Å². The van der Waals surface area contributed by atoms with Crippen LogP contribution in [0.3, 0.4) is 0 Å².